The lowest BCUT2D eigenvalue weighted by Crippen LogP contribution is -2.26. The van der Waals surface area contributed by atoms with Gasteiger partial charge in [0.1, 0.15) is 0 Å². The average Bonchev–Trinajstić information content (AvgIpc) is 2.89. The lowest BCUT2D eigenvalue weighted by molar-refractivity contribution is 0.296. The fourth-order valence-corrected chi connectivity index (χ4v) is 5.84. The predicted octanol–water partition coefficient (Wildman–Crippen LogP) is 11.8. The topological polar surface area (TPSA) is 26.3 Å². The third-order valence-corrected chi connectivity index (χ3v) is 8.14. The van der Waals surface area contributed by atoms with Crippen LogP contribution in [0.5, 0.6) is 0 Å². The second-order valence-electron chi connectivity index (χ2n) is 10.8. The minimum atomic E-state index is -0.178. The Hall–Kier alpha value is -0.720. The zero-order valence-electron chi connectivity index (χ0n) is 23.4. The van der Waals surface area contributed by atoms with Crippen LogP contribution in [-0.2, 0) is 14.5 Å². The van der Waals surface area contributed by atoms with E-state index in [9.17, 15) is 4.57 Å². The van der Waals surface area contributed by atoms with E-state index in [0.29, 0.717) is 12.0 Å². The third kappa shape index (κ3) is 16.6. The van der Waals surface area contributed by atoms with Crippen molar-refractivity contribution in [2.45, 2.75) is 161 Å². The number of rotatable bonds is 26. The van der Waals surface area contributed by atoms with E-state index in [1.807, 2.05) is 0 Å². The van der Waals surface area contributed by atoms with Crippen LogP contribution in [-0.4, -0.2) is 6.61 Å². The molecule has 0 atom stereocenters. The second kappa shape index (κ2) is 23.7. The first-order valence-electron chi connectivity index (χ1n) is 15.3. The van der Waals surface area contributed by atoms with Crippen LogP contribution in [0, 0.1) is 0 Å². The predicted molar refractivity (Wildman–Crippen MR) is 155 cm³/mol. The van der Waals surface area contributed by atoms with Gasteiger partial charge in [-0.3, -0.25) is 4.52 Å². The van der Waals surface area contributed by atoms with E-state index in [1.165, 1.54) is 135 Å². The van der Waals surface area contributed by atoms with Crippen LogP contribution in [0.2, 0.25) is 0 Å². The smallest absolute Gasteiger partial charge is 0.294 e. The highest BCUT2D eigenvalue weighted by Gasteiger charge is 2.30. The standard InChI is InChI=1S/C32H57O2P/c1-3-5-7-9-11-14-21-27-32(31-25-19-18-20-26-31,28-22-15-12-10-8-6-4-2)29-23-16-13-17-24-30-34-35-33/h18-20,25-26H,3-17,21-24,27-30H2,1-2H3. The first-order valence-corrected chi connectivity index (χ1v) is 16.0. The molecule has 0 aliphatic rings. The van der Waals surface area contributed by atoms with Crippen LogP contribution in [0.4, 0.5) is 0 Å². The summed E-state index contributed by atoms with van der Waals surface area (Å²) in [5.41, 5.74) is 1.96. The molecule has 0 bridgehead atoms. The summed E-state index contributed by atoms with van der Waals surface area (Å²) in [4.78, 5) is 0. The molecule has 1 aromatic rings. The van der Waals surface area contributed by atoms with E-state index in [2.05, 4.69) is 44.2 Å². The summed E-state index contributed by atoms with van der Waals surface area (Å²) in [6.07, 6.45) is 29.6. The Morgan fingerprint density at radius 2 is 0.971 bits per heavy atom. The molecule has 35 heavy (non-hydrogen) atoms. The number of unbranched alkanes of at least 4 members (excludes halogenated alkanes) is 16. The van der Waals surface area contributed by atoms with Gasteiger partial charge in [-0.2, -0.15) is 0 Å². The van der Waals surface area contributed by atoms with Gasteiger partial charge >= 0.3 is 8.69 Å². The molecule has 0 spiro atoms. The van der Waals surface area contributed by atoms with Gasteiger partial charge in [-0.25, -0.2) is 4.57 Å². The molecule has 0 aromatic heterocycles. The third-order valence-electron chi connectivity index (χ3n) is 7.85. The first-order chi connectivity index (χ1) is 17.3. The molecule has 0 unspecified atom stereocenters. The monoisotopic (exact) mass is 504 g/mol. The molecule has 3 heteroatoms. The van der Waals surface area contributed by atoms with Crippen molar-refractivity contribution in [3.8, 4) is 0 Å². The highest BCUT2D eigenvalue weighted by Crippen LogP contribution is 2.40. The Morgan fingerprint density at radius 3 is 1.40 bits per heavy atom. The van der Waals surface area contributed by atoms with Crippen molar-refractivity contribution >= 4 is 8.69 Å². The van der Waals surface area contributed by atoms with E-state index in [0.717, 1.165) is 6.42 Å². The van der Waals surface area contributed by atoms with Gasteiger partial charge in [0.05, 0.1) is 6.61 Å². The van der Waals surface area contributed by atoms with Crippen LogP contribution in [0.1, 0.15) is 161 Å². The highest BCUT2D eigenvalue weighted by molar-refractivity contribution is 7.17. The van der Waals surface area contributed by atoms with Crippen LogP contribution in [0.25, 0.3) is 0 Å². The number of benzene rings is 1. The number of hydrogen-bond acceptors (Lipinski definition) is 2. The molecule has 0 aliphatic carbocycles. The molecule has 0 radical (unpaired) electrons. The van der Waals surface area contributed by atoms with Crippen LogP contribution >= 0.6 is 8.69 Å². The lowest BCUT2D eigenvalue weighted by atomic mass is 9.69. The van der Waals surface area contributed by atoms with Crippen LogP contribution < -0.4 is 0 Å². The van der Waals surface area contributed by atoms with Crippen molar-refractivity contribution in [2.75, 3.05) is 6.61 Å². The van der Waals surface area contributed by atoms with E-state index in [1.54, 1.807) is 5.56 Å². The molecule has 0 amide bonds. The summed E-state index contributed by atoms with van der Waals surface area (Å²) in [5.74, 6) is 0. The van der Waals surface area contributed by atoms with Gasteiger partial charge in [0.2, 0.25) is 0 Å². The zero-order chi connectivity index (χ0) is 25.3. The Kier molecular flexibility index (Phi) is 21.8. The average molecular weight is 505 g/mol. The summed E-state index contributed by atoms with van der Waals surface area (Å²) in [6.45, 7) is 5.23. The van der Waals surface area contributed by atoms with Gasteiger partial charge in [-0.05, 0) is 36.7 Å². The van der Waals surface area contributed by atoms with Gasteiger partial charge in [-0.15, -0.1) is 0 Å². The molecule has 202 valence electrons. The van der Waals surface area contributed by atoms with Crippen molar-refractivity contribution in [1.29, 1.82) is 0 Å². The Bertz CT molecular complexity index is 556. The summed E-state index contributed by atoms with van der Waals surface area (Å²) >= 11 is 0. The van der Waals surface area contributed by atoms with E-state index < -0.39 is 0 Å². The van der Waals surface area contributed by atoms with Crippen molar-refractivity contribution in [1.82, 2.24) is 0 Å². The van der Waals surface area contributed by atoms with Gasteiger partial charge in [0.25, 0.3) is 0 Å². The minimum absolute atomic E-state index is 0.178. The summed E-state index contributed by atoms with van der Waals surface area (Å²) in [5, 5.41) is 0. The summed E-state index contributed by atoms with van der Waals surface area (Å²) in [6, 6.07) is 11.5. The molecule has 0 aliphatic heterocycles. The second-order valence-corrected chi connectivity index (χ2v) is 11.2. The van der Waals surface area contributed by atoms with Gasteiger partial charge in [-0.1, -0.05) is 160 Å². The highest BCUT2D eigenvalue weighted by atomic mass is 31.1. The SMILES string of the molecule is CCCCCCCCCC(CCCCCCCCC)(CCCCCCCOP=O)c1ccccc1. The Labute approximate surface area is 220 Å². The van der Waals surface area contributed by atoms with E-state index in [-0.39, 0.29) is 8.69 Å². The molecule has 0 heterocycles. The molecule has 1 rings (SSSR count). The maximum Gasteiger partial charge on any atom is 0.327 e. The quantitative estimate of drug-likeness (QED) is 0.0926. The van der Waals surface area contributed by atoms with Gasteiger partial charge in [0.15, 0.2) is 0 Å². The van der Waals surface area contributed by atoms with E-state index in [4.69, 9.17) is 4.52 Å². The maximum atomic E-state index is 10.4. The lowest BCUT2D eigenvalue weighted by Gasteiger charge is -2.35. The zero-order valence-corrected chi connectivity index (χ0v) is 24.3. The molecule has 0 saturated carbocycles. The fourth-order valence-electron chi connectivity index (χ4n) is 5.64. The van der Waals surface area contributed by atoms with Crippen molar-refractivity contribution in [3.05, 3.63) is 35.9 Å². The van der Waals surface area contributed by atoms with Gasteiger partial charge in [0, 0.05) is 0 Å². The van der Waals surface area contributed by atoms with Crippen LogP contribution in [0.15, 0.2) is 30.3 Å². The van der Waals surface area contributed by atoms with Crippen LogP contribution in [0.3, 0.4) is 0 Å². The molecular formula is C32H57O2P. The Morgan fingerprint density at radius 1 is 0.571 bits per heavy atom. The minimum Gasteiger partial charge on any atom is -0.294 e. The Balaban J connectivity index is 2.65. The van der Waals surface area contributed by atoms with Gasteiger partial charge < -0.3 is 0 Å². The van der Waals surface area contributed by atoms with Crippen molar-refractivity contribution < 1.29 is 9.09 Å². The molecule has 0 saturated heterocycles. The molecule has 0 fully saturated rings. The van der Waals surface area contributed by atoms with E-state index >= 15 is 0 Å². The summed E-state index contributed by atoms with van der Waals surface area (Å²) in [7, 11) is -0.178. The maximum absolute atomic E-state index is 10.4. The molecule has 1 aromatic carbocycles. The molecule has 0 N–H and O–H groups in total. The van der Waals surface area contributed by atoms with Crippen molar-refractivity contribution in [2.24, 2.45) is 0 Å². The van der Waals surface area contributed by atoms with Crippen molar-refractivity contribution in [3.63, 3.8) is 0 Å². The fraction of sp³-hybridized carbons (Fsp3) is 0.812. The number of hydrogen-bond donors (Lipinski definition) is 0. The normalized spacial score (nSPS) is 11.9. The first kappa shape index (κ1) is 32.3. The summed E-state index contributed by atoms with van der Waals surface area (Å²) < 4.78 is 15.3. The molecule has 2 nitrogen and oxygen atoms in total. The largest absolute Gasteiger partial charge is 0.327 e. The molecular weight excluding hydrogens is 447 g/mol.